The van der Waals surface area contributed by atoms with Crippen LogP contribution in [0.25, 0.3) is 0 Å². The van der Waals surface area contributed by atoms with Crippen LogP contribution in [0.15, 0.2) is 24.3 Å². The Bertz CT molecular complexity index is 267. The number of hydrogen-bond donors (Lipinski definition) is 2. The number of benzene rings is 1. The lowest BCUT2D eigenvalue weighted by Gasteiger charge is -2.03. The van der Waals surface area contributed by atoms with Gasteiger partial charge in [-0.1, -0.05) is 37.1 Å². The van der Waals surface area contributed by atoms with Crippen molar-refractivity contribution in [2.75, 3.05) is 11.5 Å². The molecule has 0 saturated heterocycles. The summed E-state index contributed by atoms with van der Waals surface area (Å²) in [6.45, 7) is 0. The summed E-state index contributed by atoms with van der Waals surface area (Å²) in [6, 6.07) is 8.99. The van der Waals surface area contributed by atoms with Gasteiger partial charge in [-0.25, -0.2) is 0 Å². The normalized spacial score (nSPS) is 10.6. The summed E-state index contributed by atoms with van der Waals surface area (Å²) >= 11 is 8.46. The average molecular weight is 254 g/mol. The summed E-state index contributed by atoms with van der Waals surface area (Å²) in [6.07, 6.45) is 7.50. The summed E-state index contributed by atoms with van der Waals surface area (Å²) in [5.74, 6) is 1.96. The Hall–Kier alpha value is -0.0800. The lowest BCUT2D eigenvalue weighted by molar-refractivity contribution is 0.671. The predicted molar refractivity (Wildman–Crippen MR) is 80.0 cm³/mol. The molecule has 0 N–H and O–H groups in total. The molecular formula is C14H22S2. The molecule has 2 heteroatoms. The molecule has 1 aromatic carbocycles. The van der Waals surface area contributed by atoms with Crippen LogP contribution in [-0.2, 0) is 12.8 Å². The molecule has 0 atom stereocenters. The van der Waals surface area contributed by atoms with E-state index in [4.69, 9.17) is 0 Å². The second-order valence-electron chi connectivity index (χ2n) is 4.18. The van der Waals surface area contributed by atoms with Gasteiger partial charge in [-0.05, 0) is 48.3 Å². The maximum absolute atomic E-state index is 4.24. The van der Waals surface area contributed by atoms with Crippen molar-refractivity contribution in [2.24, 2.45) is 0 Å². The molecule has 0 nitrogen and oxygen atoms in total. The molecule has 0 spiro atoms. The van der Waals surface area contributed by atoms with Crippen LogP contribution in [0.5, 0.6) is 0 Å². The van der Waals surface area contributed by atoms with Gasteiger partial charge in [0.1, 0.15) is 0 Å². The molecule has 1 rings (SSSR count). The molecule has 0 bridgehead atoms. The molecular weight excluding hydrogens is 232 g/mol. The first-order chi connectivity index (χ1) is 7.86. The third kappa shape index (κ3) is 5.86. The second kappa shape index (κ2) is 9.00. The molecule has 0 aliphatic heterocycles. The Morgan fingerprint density at radius 3 is 1.75 bits per heavy atom. The molecule has 90 valence electrons. The highest BCUT2D eigenvalue weighted by atomic mass is 32.1. The summed E-state index contributed by atoms with van der Waals surface area (Å²) in [5, 5.41) is 0. The summed E-state index contributed by atoms with van der Waals surface area (Å²) in [4.78, 5) is 0. The van der Waals surface area contributed by atoms with E-state index < -0.39 is 0 Å². The summed E-state index contributed by atoms with van der Waals surface area (Å²) in [5.41, 5.74) is 2.86. The summed E-state index contributed by atoms with van der Waals surface area (Å²) < 4.78 is 0. The van der Waals surface area contributed by atoms with E-state index in [-0.39, 0.29) is 0 Å². The fourth-order valence-electron chi connectivity index (χ4n) is 1.80. The van der Waals surface area contributed by atoms with Crippen LogP contribution in [0, 0.1) is 0 Å². The van der Waals surface area contributed by atoms with Crippen molar-refractivity contribution >= 4 is 25.3 Å². The molecule has 0 aromatic heterocycles. The number of rotatable bonds is 8. The fraction of sp³-hybridized carbons (Fsp3) is 0.571. The minimum absolute atomic E-state index is 0.934. The van der Waals surface area contributed by atoms with Crippen LogP contribution in [0.1, 0.15) is 36.8 Å². The van der Waals surface area contributed by atoms with E-state index in [9.17, 15) is 0 Å². The van der Waals surface area contributed by atoms with E-state index in [1.165, 1.54) is 43.2 Å². The van der Waals surface area contributed by atoms with Gasteiger partial charge in [0.25, 0.3) is 0 Å². The quantitative estimate of drug-likeness (QED) is 0.504. The van der Waals surface area contributed by atoms with Gasteiger partial charge in [-0.2, -0.15) is 25.3 Å². The fourth-order valence-corrected chi connectivity index (χ4v) is 2.28. The van der Waals surface area contributed by atoms with E-state index in [2.05, 4.69) is 49.5 Å². The van der Waals surface area contributed by atoms with Crippen LogP contribution in [-0.4, -0.2) is 11.5 Å². The molecule has 0 radical (unpaired) electrons. The van der Waals surface area contributed by atoms with Crippen molar-refractivity contribution in [3.63, 3.8) is 0 Å². The van der Waals surface area contributed by atoms with E-state index in [1.54, 1.807) is 0 Å². The molecule has 0 fully saturated rings. The Morgan fingerprint density at radius 1 is 0.625 bits per heavy atom. The van der Waals surface area contributed by atoms with Crippen LogP contribution >= 0.6 is 25.3 Å². The highest BCUT2D eigenvalue weighted by Gasteiger charge is 1.95. The maximum atomic E-state index is 4.24. The van der Waals surface area contributed by atoms with Crippen molar-refractivity contribution < 1.29 is 0 Å². The average Bonchev–Trinajstić information content (AvgIpc) is 2.31. The van der Waals surface area contributed by atoms with Crippen molar-refractivity contribution in [3.8, 4) is 0 Å². The largest absolute Gasteiger partial charge is 0.179 e. The Morgan fingerprint density at radius 2 is 1.19 bits per heavy atom. The van der Waals surface area contributed by atoms with Gasteiger partial charge in [0, 0.05) is 0 Å². The van der Waals surface area contributed by atoms with E-state index in [0.29, 0.717) is 0 Å². The van der Waals surface area contributed by atoms with Crippen LogP contribution in [0.4, 0.5) is 0 Å². The zero-order chi connectivity index (χ0) is 11.6. The first-order valence-corrected chi connectivity index (χ1v) is 7.43. The smallest absolute Gasteiger partial charge is 0.00574 e. The Labute approximate surface area is 111 Å². The number of hydrogen-bond acceptors (Lipinski definition) is 2. The SMILES string of the molecule is SCCCCCCc1ccc(CCS)cc1. The zero-order valence-corrected chi connectivity index (χ0v) is 11.6. The van der Waals surface area contributed by atoms with Crippen molar-refractivity contribution in [2.45, 2.75) is 38.5 Å². The monoisotopic (exact) mass is 254 g/mol. The molecule has 0 aliphatic rings. The third-order valence-electron chi connectivity index (χ3n) is 2.80. The number of thiol groups is 2. The molecule has 0 unspecified atom stereocenters. The lowest BCUT2D eigenvalue weighted by atomic mass is 10.0. The standard InChI is InChI=1S/C14H22S2/c15-11-4-2-1-3-5-13-6-8-14(9-7-13)10-12-16/h6-9,15-16H,1-5,10-12H2. The van der Waals surface area contributed by atoms with Crippen molar-refractivity contribution in [1.29, 1.82) is 0 Å². The van der Waals surface area contributed by atoms with Crippen molar-refractivity contribution in [3.05, 3.63) is 35.4 Å². The molecule has 16 heavy (non-hydrogen) atoms. The van der Waals surface area contributed by atoms with E-state index >= 15 is 0 Å². The minimum atomic E-state index is 0.934. The maximum Gasteiger partial charge on any atom is -0.00574 e. The molecule has 0 amide bonds. The molecule has 1 aromatic rings. The van der Waals surface area contributed by atoms with Crippen LogP contribution in [0.3, 0.4) is 0 Å². The van der Waals surface area contributed by atoms with Gasteiger partial charge < -0.3 is 0 Å². The van der Waals surface area contributed by atoms with E-state index in [1.807, 2.05) is 0 Å². The third-order valence-corrected chi connectivity index (χ3v) is 3.34. The highest BCUT2D eigenvalue weighted by Crippen LogP contribution is 2.10. The van der Waals surface area contributed by atoms with Crippen LogP contribution in [0.2, 0.25) is 0 Å². The van der Waals surface area contributed by atoms with Gasteiger partial charge in [0.05, 0.1) is 0 Å². The number of aryl methyl sites for hydroxylation is 2. The Kier molecular flexibility index (Phi) is 7.87. The Balaban J connectivity index is 2.21. The van der Waals surface area contributed by atoms with Gasteiger partial charge >= 0.3 is 0 Å². The van der Waals surface area contributed by atoms with Crippen molar-refractivity contribution in [1.82, 2.24) is 0 Å². The minimum Gasteiger partial charge on any atom is -0.179 e. The summed E-state index contributed by atoms with van der Waals surface area (Å²) in [7, 11) is 0. The van der Waals surface area contributed by atoms with Gasteiger partial charge in [-0.15, -0.1) is 0 Å². The first-order valence-electron chi connectivity index (χ1n) is 6.16. The second-order valence-corrected chi connectivity index (χ2v) is 5.07. The van der Waals surface area contributed by atoms with Gasteiger partial charge in [0.15, 0.2) is 0 Å². The molecule has 0 aliphatic carbocycles. The van der Waals surface area contributed by atoms with Crippen LogP contribution < -0.4 is 0 Å². The molecule has 0 saturated carbocycles. The van der Waals surface area contributed by atoms with E-state index in [0.717, 1.165) is 17.9 Å². The first kappa shape index (κ1) is 14.0. The highest BCUT2D eigenvalue weighted by molar-refractivity contribution is 7.80. The predicted octanol–water partition coefficient (Wildman–Crippen LogP) is 4.19. The topological polar surface area (TPSA) is 0 Å². The lowest BCUT2D eigenvalue weighted by Crippen LogP contribution is -1.89. The molecule has 0 heterocycles. The number of unbranched alkanes of at least 4 members (excludes halogenated alkanes) is 3. The zero-order valence-electron chi connectivity index (χ0n) is 9.86. The van der Waals surface area contributed by atoms with Gasteiger partial charge in [0.2, 0.25) is 0 Å². The van der Waals surface area contributed by atoms with Gasteiger partial charge in [-0.3, -0.25) is 0 Å².